The quantitative estimate of drug-likeness (QED) is 0.835. The fourth-order valence-electron chi connectivity index (χ4n) is 2.05. The zero-order chi connectivity index (χ0) is 12.4. The normalized spacial score (nSPS) is 15.9. The van der Waals surface area contributed by atoms with Gasteiger partial charge in [0.25, 0.3) is 0 Å². The van der Waals surface area contributed by atoms with Gasteiger partial charge in [0, 0.05) is 23.7 Å². The molecule has 0 atom stereocenters. The van der Waals surface area contributed by atoms with Gasteiger partial charge in [-0.05, 0) is 26.0 Å². The lowest BCUT2D eigenvalue weighted by Gasteiger charge is -2.34. The fourth-order valence-corrected chi connectivity index (χ4v) is 2.18. The van der Waals surface area contributed by atoms with Crippen LogP contribution in [0.15, 0.2) is 18.2 Å². The Morgan fingerprint density at radius 2 is 2.24 bits per heavy atom. The summed E-state index contributed by atoms with van der Waals surface area (Å²) in [6, 6.07) is 5.60. The minimum Gasteiger partial charge on any atom is -0.389 e. The van der Waals surface area contributed by atoms with E-state index in [2.05, 4.69) is 4.90 Å². The molecule has 2 N–H and O–H groups in total. The largest absolute Gasteiger partial charge is 0.389 e. The first-order valence-corrected chi connectivity index (χ1v) is 6.27. The minimum absolute atomic E-state index is 0.221. The highest BCUT2D eigenvalue weighted by Gasteiger charge is 2.22. The predicted molar refractivity (Wildman–Crippen MR) is 71.4 cm³/mol. The lowest BCUT2D eigenvalue weighted by atomic mass is 9.91. The lowest BCUT2D eigenvalue weighted by Crippen LogP contribution is -2.36. The average molecular weight is 252 g/mol. The molecule has 4 heteroatoms. The summed E-state index contributed by atoms with van der Waals surface area (Å²) in [4.78, 5) is 2.45. The van der Waals surface area contributed by atoms with E-state index in [9.17, 15) is 4.39 Å². The third kappa shape index (κ3) is 2.82. The number of benzene rings is 1. The maximum absolute atomic E-state index is 13.8. The summed E-state index contributed by atoms with van der Waals surface area (Å²) in [5.74, 6) is -0.221. The van der Waals surface area contributed by atoms with Crippen molar-refractivity contribution in [1.29, 1.82) is 0 Å². The number of thiocarbonyl (C=S) groups is 1. The monoisotopic (exact) mass is 252 g/mol. The molecule has 0 aromatic heterocycles. The van der Waals surface area contributed by atoms with Gasteiger partial charge in [-0.1, -0.05) is 30.8 Å². The smallest absolute Gasteiger partial charge is 0.128 e. The van der Waals surface area contributed by atoms with Crippen LogP contribution in [0.2, 0.25) is 0 Å². The van der Waals surface area contributed by atoms with Crippen LogP contribution in [0.5, 0.6) is 0 Å². The van der Waals surface area contributed by atoms with Crippen molar-refractivity contribution in [2.24, 2.45) is 5.73 Å². The summed E-state index contributed by atoms with van der Waals surface area (Å²) in [7, 11) is 2.05. The zero-order valence-electron chi connectivity index (χ0n) is 9.95. The maximum Gasteiger partial charge on any atom is 0.128 e. The Balaban J connectivity index is 2.07. The second-order valence-corrected chi connectivity index (χ2v) is 5.11. The van der Waals surface area contributed by atoms with Gasteiger partial charge in [-0.3, -0.25) is 4.90 Å². The van der Waals surface area contributed by atoms with Crippen LogP contribution < -0.4 is 5.73 Å². The molecule has 0 bridgehead atoms. The van der Waals surface area contributed by atoms with E-state index in [0.29, 0.717) is 23.7 Å². The number of hydrogen-bond acceptors (Lipinski definition) is 2. The van der Waals surface area contributed by atoms with Gasteiger partial charge in [-0.2, -0.15) is 0 Å². The molecule has 1 aliphatic rings. The molecule has 1 aromatic carbocycles. The third-order valence-corrected chi connectivity index (χ3v) is 3.69. The van der Waals surface area contributed by atoms with Gasteiger partial charge in [-0.15, -0.1) is 0 Å². The van der Waals surface area contributed by atoms with Gasteiger partial charge in [0.2, 0.25) is 0 Å². The summed E-state index contributed by atoms with van der Waals surface area (Å²) in [6.45, 7) is 0.647. The van der Waals surface area contributed by atoms with Gasteiger partial charge < -0.3 is 5.73 Å². The topological polar surface area (TPSA) is 29.3 Å². The van der Waals surface area contributed by atoms with E-state index in [4.69, 9.17) is 18.0 Å². The van der Waals surface area contributed by atoms with Crippen LogP contribution in [0.3, 0.4) is 0 Å². The summed E-state index contributed by atoms with van der Waals surface area (Å²) in [5, 5.41) is 0. The Morgan fingerprint density at radius 1 is 1.53 bits per heavy atom. The summed E-state index contributed by atoms with van der Waals surface area (Å²) >= 11 is 4.82. The molecular formula is C13H17FN2S. The van der Waals surface area contributed by atoms with Gasteiger partial charge in [0.15, 0.2) is 0 Å². The van der Waals surface area contributed by atoms with Crippen molar-refractivity contribution < 1.29 is 4.39 Å². The first kappa shape index (κ1) is 12.5. The number of hydrogen-bond donors (Lipinski definition) is 1. The Kier molecular flexibility index (Phi) is 3.74. The summed E-state index contributed by atoms with van der Waals surface area (Å²) in [5.41, 5.74) is 6.77. The van der Waals surface area contributed by atoms with Gasteiger partial charge in [0.1, 0.15) is 10.8 Å². The van der Waals surface area contributed by atoms with E-state index in [1.165, 1.54) is 25.3 Å². The van der Waals surface area contributed by atoms with E-state index in [1.807, 2.05) is 7.05 Å². The Labute approximate surface area is 107 Å². The van der Waals surface area contributed by atoms with E-state index in [-0.39, 0.29) is 10.8 Å². The zero-order valence-corrected chi connectivity index (χ0v) is 10.8. The first-order valence-electron chi connectivity index (χ1n) is 5.86. The molecule has 1 fully saturated rings. The highest BCUT2D eigenvalue weighted by molar-refractivity contribution is 7.80. The molecule has 1 aromatic rings. The standard InChI is InChI=1S/C13H17FN2S/c1-16(11-3-2-4-11)8-10-6-5-9(13(15)17)7-12(10)14/h5-7,11H,2-4,8H2,1H3,(H2,15,17). The summed E-state index contributed by atoms with van der Waals surface area (Å²) in [6.07, 6.45) is 3.74. The van der Waals surface area contributed by atoms with E-state index in [0.717, 1.165) is 0 Å². The van der Waals surface area contributed by atoms with E-state index >= 15 is 0 Å². The van der Waals surface area contributed by atoms with Crippen molar-refractivity contribution >= 4 is 17.2 Å². The molecule has 0 radical (unpaired) electrons. The van der Waals surface area contributed by atoms with E-state index in [1.54, 1.807) is 12.1 Å². The fraction of sp³-hybridized carbons (Fsp3) is 0.462. The number of halogens is 1. The molecule has 92 valence electrons. The molecule has 2 rings (SSSR count). The maximum atomic E-state index is 13.8. The van der Waals surface area contributed by atoms with Gasteiger partial charge in [-0.25, -0.2) is 4.39 Å². The Bertz CT molecular complexity index is 429. The van der Waals surface area contributed by atoms with Crippen LogP contribution in [0.1, 0.15) is 30.4 Å². The molecule has 1 saturated carbocycles. The van der Waals surface area contributed by atoms with Crippen molar-refractivity contribution in [3.63, 3.8) is 0 Å². The Hall–Kier alpha value is -1.00. The molecule has 0 aliphatic heterocycles. The van der Waals surface area contributed by atoms with Crippen LogP contribution >= 0.6 is 12.2 Å². The van der Waals surface area contributed by atoms with Crippen molar-refractivity contribution in [3.8, 4) is 0 Å². The van der Waals surface area contributed by atoms with Crippen LogP contribution in [0.4, 0.5) is 4.39 Å². The molecule has 17 heavy (non-hydrogen) atoms. The SMILES string of the molecule is CN(Cc1ccc(C(N)=S)cc1F)C1CCC1. The van der Waals surface area contributed by atoms with Gasteiger partial charge >= 0.3 is 0 Å². The highest BCUT2D eigenvalue weighted by Crippen LogP contribution is 2.25. The molecule has 2 nitrogen and oxygen atoms in total. The van der Waals surface area contributed by atoms with Crippen molar-refractivity contribution in [2.45, 2.75) is 31.8 Å². The lowest BCUT2D eigenvalue weighted by molar-refractivity contribution is 0.151. The number of nitrogens with zero attached hydrogens (tertiary/aromatic N) is 1. The molecule has 0 unspecified atom stereocenters. The van der Waals surface area contributed by atoms with Crippen LogP contribution in [-0.4, -0.2) is 23.0 Å². The molecule has 0 spiro atoms. The molecule has 0 amide bonds. The minimum atomic E-state index is -0.221. The van der Waals surface area contributed by atoms with Crippen molar-refractivity contribution in [3.05, 3.63) is 35.1 Å². The highest BCUT2D eigenvalue weighted by atomic mass is 32.1. The van der Waals surface area contributed by atoms with Crippen LogP contribution in [0.25, 0.3) is 0 Å². The summed E-state index contributed by atoms with van der Waals surface area (Å²) < 4.78 is 13.8. The second kappa shape index (κ2) is 5.10. The average Bonchev–Trinajstić information content (AvgIpc) is 2.18. The molecule has 0 saturated heterocycles. The second-order valence-electron chi connectivity index (χ2n) is 4.67. The van der Waals surface area contributed by atoms with Crippen molar-refractivity contribution in [1.82, 2.24) is 4.90 Å². The number of nitrogens with two attached hydrogens (primary N) is 1. The predicted octanol–water partition coefficient (Wildman–Crippen LogP) is 2.44. The third-order valence-electron chi connectivity index (χ3n) is 3.46. The van der Waals surface area contributed by atoms with Crippen molar-refractivity contribution in [2.75, 3.05) is 7.05 Å². The first-order chi connectivity index (χ1) is 8.08. The molecular weight excluding hydrogens is 235 g/mol. The Morgan fingerprint density at radius 3 is 2.71 bits per heavy atom. The van der Waals surface area contributed by atoms with E-state index < -0.39 is 0 Å². The van der Waals surface area contributed by atoms with Crippen LogP contribution in [0, 0.1) is 5.82 Å². The van der Waals surface area contributed by atoms with Crippen LogP contribution in [-0.2, 0) is 6.54 Å². The number of rotatable bonds is 4. The molecule has 1 aliphatic carbocycles. The molecule has 0 heterocycles. The van der Waals surface area contributed by atoms with Gasteiger partial charge in [0.05, 0.1) is 0 Å².